The number of alkyl halides is 3. The lowest BCUT2D eigenvalue weighted by molar-refractivity contribution is -0.274. The topological polar surface area (TPSA) is 47.6 Å². The van der Waals surface area contributed by atoms with Crippen LogP contribution >= 0.6 is 11.8 Å². The number of hydrogen-bond acceptors (Lipinski definition) is 4. The number of nitrogens with one attached hydrogen (secondary N) is 1. The number of anilines is 1. The molecule has 4 aromatic carbocycles. The largest absolute Gasteiger partial charge is 0.573 e. The molecule has 4 rings (SSSR count). The van der Waals surface area contributed by atoms with E-state index in [1.54, 1.807) is 23.9 Å². The van der Waals surface area contributed by atoms with Gasteiger partial charge in [-0.3, -0.25) is 4.79 Å². The van der Waals surface area contributed by atoms with Crippen LogP contribution in [0.5, 0.6) is 17.2 Å². The Kier molecular flexibility index (Phi) is 8.58. The normalized spacial score (nSPS) is 11.2. The van der Waals surface area contributed by atoms with Crippen LogP contribution in [0.1, 0.15) is 12.5 Å². The van der Waals surface area contributed by atoms with Gasteiger partial charge in [-0.2, -0.15) is 0 Å². The molecule has 0 aliphatic heterocycles. The maximum atomic E-state index is 13.8. The number of hydrogen-bond donors (Lipinski definition) is 1. The van der Waals surface area contributed by atoms with E-state index >= 15 is 0 Å². The molecule has 1 N–H and O–H groups in total. The van der Waals surface area contributed by atoms with Crippen LogP contribution in [0.4, 0.5) is 23.2 Å². The molecular weight excluding hydrogens is 518 g/mol. The Morgan fingerprint density at radius 1 is 0.868 bits per heavy atom. The van der Waals surface area contributed by atoms with Gasteiger partial charge in [0.1, 0.15) is 23.1 Å². The van der Waals surface area contributed by atoms with Crippen molar-refractivity contribution in [2.45, 2.75) is 24.6 Å². The second-order valence-corrected chi connectivity index (χ2v) is 9.45. The third-order valence-electron chi connectivity index (χ3n) is 5.29. The van der Waals surface area contributed by atoms with E-state index < -0.39 is 17.9 Å². The molecule has 0 unspecified atom stereocenters. The summed E-state index contributed by atoms with van der Waals surface area (Å²) in [4.78, 5) is 13.8. The van der Waals surface area contributed by atoms with Crippen LogP contribution in [0.25, 0.3) is 11.1 Å². The van der Waals surface area contributed by atoms with Gasteiger partial charge in [0.25, 0.3) is 0 Å². The van der Waals surface area contributed by atoms with Gasteiger partial charge in [-0.15, -0.1) is 24.9 Å². The lowest BCUT2D eigenvalue weighted by Crippen LogP contribution is -2.17. The van der Waals surface area contributed by atoms with Crippen LogP contribution in [-0.2, 0) is 11.2 Å². The van der Waals surface area contributed by atoms with Crippen molar-refractivity contribution in [3.05, 3.63) is 102 Å². The molecular formula is C29H23F4NO3S. The summed E-state index contributed by atoms with van der Waals surface area (Å²) in [5, 5.41) is 2.79. The smallest absolute Gasteiger partial charge is 0.457 e. The third kappa shape index (κ3) is 7.52. The zero-order valence-corrected chi connectivity index (χ0v) is 21.0. The van der Waals surface area contributed by atoms with Gasteiger partial charge in [-0.1, -0.05) is 43.3 Å². The van der Waals surface area contributed by atoms with Gasteiger partial charge in [-0.05, 0) is 53.8 Å². The van der Waals surface area contributed by atoms with Crippen molar-refractivity contribution >= 4 is 23.4 Å². The standard InChI is InChI=1S/C29H23F4NO3S/c1-2-38-23-13-10-19(11-14-23)16-28(35)34-21-12-15-25(24-8-3-4-9-26(24)37-29(31,32)33)27(18-21)36-22-7-5-6-20(30)17-22/h3-15,17-18H,2,16H2,1H3,(H,34,35). The molecule has 0 atom stereocenters. The first-order valence-corrected chi connectivity index (χ1v) is 12.6. The molecule has 0 fully saturated rings. The fraction of sp³-hybridized carbons (Fsp3) is 0.138. The van der Waals surface area contributed by atoms with Crippen LogP contribution in [0.3, 0.4) is 0 Å². The van der Waals surface area contributed by atoms with Crippen molar-refractivity contribution in [1.82, 2.24) is 0 Å². The van der Waals surface area contributed by atoms with Crippen LogP contribution in [0.2, 0.25) is 0 Å². The molecule has 4 nitrogen and oxygen atoms in total. The number of benzene rings is 4. The van der Waals surface area contributed by atoms with E-state index in [1.165, 1.54) is 48.5 Å². The van der Waals surface area contributed by atoms with E-state index in [2.05, 4.69) is 17.0 Å². The Hall–Kier alpha value is -3.98. The highest BCUT2D eigenvalue weighted by Gasteiger charge is 2.32. The SMILES string of the molecule is CCSc1ccc(CC(=O)Nc2ccc(-c3ccccc3OC(F)(F)F)c(Oc3cccc(F)c3)c2)cc1. The highest BCUT2D eigenvalue weighted by molar-refractivity contribution is 7.99. The molecule has 0 bridgehead atoms. The second kappa shape index (κ2) is 12.0. The highest BCUT2D eigenvalue weighted by Crippen LogP contribution is 2.41. The van der Waals surface area contributed by atoms with Crippen LogP contribution < -0.4 is 14.8 Å². The van der Waals surface area contributed by atoms with E-state index in [0.29, 0.717) is 5.69 Å². The number of carbonyl (C=O) groups excluding carboxylic acids is 1. The molecule has 0 aliphatic rings. The number of rotatable bonds is 9. The summed E-state index contributed by atoms with van der Waals surface area (Å²) in [7, 11) is 0. The van der Waals surface area contributed by atoms with Crippen molar-refractivity contribution in [3.8, 4) is 28.4 Å². The Bertz CT molecular complexity index is 1410. The molecule has 0 radical (unpaired) electrons. The van der Waals surface area contributed by atoms with Gasteiger partial charge in [0, 0.05) is 33.8 Å². The zero-order chi connectivity index (χ0) is 27.1. The minimum absolute atomic E-state index is 0.104. The fourth-order valence-corrected chi connectivity index (χ4v) is 4.39. The second-order valence-electron chi connectivity index (χ2n) is 8.12. The van der Waals surface area contributed by atoms with Crippen molar-refractivity contribution in [3.63, 3.8) is 0 Å². The van der Waals surface area contributed by atoms with Gasteiger partial charge in [0.2, 0.25) is 5.91 Å². The summed E-state index contributed by atoms with van der Waals surface area (Å²) in [5.74, 6) is -0.0706. The van der Waals surface area contributed by atoms with Gasteiger partial charge in [0.15, 0.2) is 0 Å². The van der Waals surface area contributed by atoms with Crippen LogP contribution in [0.15, 0.2) is 95.9 Å². The molecule has 38 heavy (non-hydrogen) atoms. The molecule has 0 aromatic heterocycles. The first-order chi connectivity index (χ1) is 18.2. The van der Waals surface area contributed by atoms with E-state index in [0.717, 1.165) is 22.3 Å². The molecule has 0 saturated carbocycles. The van der Waals surface area contributed by atoms with E-state index in [-0.39, 0.29) is 35.0 Å². The molecule has 0 spiro atoms. The average molecular weight is 542 g/mol. The minimum atomic E-state index is -4.90. The zero-order valence-electron chi connectivity index (χ0n) is 20.2. The summed E-state index contributed by atoms with van der Waals surface area (Å²) < 4.78 is 63.0. The number of amides is 1. The van der Waals surface area contributed by atoms with Crippen LogP contribution in [0, 0.1) is 5.82 Å². The summed E-state index contributed by atoms with van der Waals surface area (Å²) in [6.07, 6.45) is -4.78. The van der Waals surface area contributed by atoms with Gasteiger partial charge >= 0.3 is 6.36 Å². The summed E-state index contributed by atoms with van der Waals surface area (Å²) >= 11 is 1.70. The van der Waals surface area contributed by atoms with Crippen molar-refractivity contribution in [1.29, 1.82) is 0 Å². The number of thioether (sulfide) groups is 1. The number of ether oxygens (including phenoxy) is 2. The molecule has 196 valence electrons. The van der Waals surface area contributed by atoms with Gasteiger partial charge in [0.05, 0.1) is 6.42 Å². The number of halogens is 4. The maximum Gasteiger partial charge on any atom is 0.573 e. The third-order valence-corrected chi connectivity index (χ3v) is 6.19. The molecule has 4 aromatic rings. The lowest BCUT2D eigenvalue weighted by atomic mass is 10.0. The van der Waals surface area contributed by atoms with Crippen molar-refractivity contribution in [2.24, 2.45) is 0 Å². The predicted molar refractivity (Wildman–Crippen MR) is 140 cm³/mol. The quantitative estimate of drug-likeness (QED) is 0.171. The number of carbonyl (C=O) groups is 1. The Morgan fingerprint density at radius 3 is 2.32 bits per heavy atom. The van der Waals surface area contributed by atoms with E-state index in [9.17, 15) is 22.4 Å². The Labute approximate surface area is 221 Å². The molecule has 0 aliphatic carbocycles. The monoisotopic (exact) mass is 541 g/mol. The maximum absolute atomic E-state index is 13.8. The van der Waals surface area contributed by atoms with Gasteiger partial charge in [-0.25, -0.2) is 4.39 Å². The molecule has 9 heteroatoms. The molecule has 1 amide bonds. The van der Waals surface area contributed by atoms with E-state index in [1.807, 2.05) is 24.3 Å². The lowest BCUT2D eigenvalue weighted by Gasteiger charge is -2.17. The first-order valence-electron chi connectivity index (χ1n) is 11.6. The fourth-order valence-electron chi connectivity index (χ4n) is 3.73. The van der Waals surface area contributed by atoms with Crippen molar-refractivity contribution < 1.29 is 31.8 Å². The van der Waals surface area contributed by atoms with Crippen molar-refractivity contribution in [2.75, 3.05) is 11.1 Å². The average Bonchev–Trinajstić information content (AvgIpc) is 2.85. The summed E-state index contributed by atoms with van der Waals surface area (Å²) in [6, 6.07) is 23.2. The van der Waals surface area contributed by atoms with E-state index in [4.69, 9.17) is 4.74 Å². The summed E-state index contributed by atoms with van der Waals surface area (Å²) in [6.45, 7) is 2.06. The number of para-hydroxylation sites is 1. The van der Waals surface area contributed by atoms with Gasteiger partial charge < -0.3 is 14.8 Å². The summed E-state index contributed by atoms with van der Waals surface area (Å²) in [5.41, 5.74) is 1.56. The van der Waals surface area contributed by atoms with Crippen LogP contribution in [-0.4, -0.2) is 18.0 Å². The molecule has 0 heterocycles. The highest BCUT2D eigenvalue weighted by atomic mass is 32.2. The molecule has 0 saturated heterocycles. The minimum Gasteiger partial charge on any atom is -0.457 e. The first kappa shape index (κ1) is 27.1. The Balaban J connectivity index is 1.63. The predicted octanol–water partition coefficient (Wildman–Crippen LogP) is 8.48. The Morgan fingerprint density at radius 2 is 1.61 bits per heavy atom.